The number of aromatic carboxylic acids is 1. The van der Waals surface area contributed by atoms with Crippen molar-refractivity contribution in [2.24, 2.45) is 5.41 Å². The van der Waals surface area contributed by atoms with Gasteiger partial charge in [-0.15, -0.1) is 0 Å². The van der Waals surface area contributed by atoms with Gasteiger partial charge in [-0.3, -0.25) is 0 Å². The largest absolute Gasteiger partial charge is 0.478 e. The van der Waals surface area contributed by atoms with Gasteiger partial charge < -0.3 is 9.53 Å². The third-order valence-corrected chi connectivity index (χ3v) is 9.91. The Labute approximate surface area is 146 Å². The highest BCUT2D eigenvalue weighted by atomic mass is 28.4. The molecule has 1 saturated carbocycles. The van der Waals surface area contributed by atoms with E-state index in [1.807, 2.05) is 0 Å². The fourth-order valence-corrected chi connectivity index (χ4v) is 3.42. The van der Waals surface area contributed by atoms with Crippen LogP contribution < -0.4 is 0 Å². The topological polar surface area (TPSA) is 46.5 Å². The lowest BCUT2D eigenvalue weighted by atomic mass is 9.70. The van der Waals surface area contributed by atoms with Crippen molar-refractivity contribution in [3.05, 3.63) is 35.4 Å². The van der Waals surface area contributed by atoms with E-state index in [1.54, 1.807) is 24.3 Å². The van der Waals surface area contributed by atoms with E-state index in [1.165, 1.54) is 6.42 Å². The molecule has 0 atom stereocenters. The summed E-state index contributed by atoms with van der Waals surface area (Å²) in [6.45, 7) is 12.0. The van der Waals surface area contributed by atoms with Crippen molar-refractivity contribution in [2.75, 3.05) is 6.61 Å². The highest BCUT2D eigenvalue weighted by Crippen LogP contribution is 2.44. The molecule has 1 N–H and O–H groups in total. The molecular formula is C20H28O3Si. The summed E-state index contributed by atoms with van der Waals surface area (Å²) in [5.74, 6) is 5.73. The van der Waals surface area contributed by atoms with Crippen LogP contribution in [0.25, 0.3) is 0 Å². The second kappa shape index (κ2) is 6.74. The van der Waals surface area contributed by atoms with E-state index in [2.05, 4.69) is 45.7 Å². The SMILES string of the molecule is CC(C)(C)[Si](C)(C)OCC1(C#Cc2ccc(C(=O)O)cc2)CCC1. The molecule has 1 aliphatic rings. The van der Waals surface area contributed by atoms with Gasteiger partial charge in [-0.05, 0) is 55.2 Å². The lowest BCUT2D eigenvalue weighted by Crippen LogP contribution is -2.45. The average molecular weight is 345 g/mol. The first-order chi connectivity index (χ1) is 11.0. The number of carbonyl (C=O) groups is 1. The van der Waals surface area contributed by atoms with Crippen LogP contribution in [0, 0.1) is 17.3 Å². The van der Waals surface area contributed by atoms with Crippen molar-refractivity contribution in [3.8, 4) is 11.8 Å². The Morgan fingerprint density at radius 1 is 1.25 bits per heavy atom. The molecule has 0 aliphatic heterocycles. The standard InChI is InChI=1S/C20H28O3Si/c1-19(2,3)24(4,5)23-15-20(12-6-13-20)14-11-16-7-9-17(10-8-16)18(21)22/h7-10H,6,12-13,15H2,1-5H3,(H,21,22). The molecule has 0 radical (unpaired) electrons. The van der Waals surface area contributed by atoms with Crippen LogP contribution in [0.15, 0.2) is 24.3 Å². The van der Waals surface area contributed by atoms with Crippen molar-refractivity contribution in [1.29, 1.82) is 0 Å². The lowest BCUT2D eigenvalue weighted by molar-refractivity contribution is 0.0697. The second-order valence-corrected chi connectivity index (χ2v) is 13.1. The number of rotatable bonds is 4. The summed E-state index contributed by atoms with van der Waals surface area (Å²) in [6.07, 6.45) is 3.37. The van der Waals surface area contributed by atoms with Gasteiger partial charge in [0.2, 0.25) is 0 Å². The summed E-state index contributed by atoms with van der Waals surface area (Å²) in [7, 11) is -1.76. The number of carboxylic acid groups (broad SMARTS) is 1. The average Bonchev–Trinajstić information content (AvgIpc) is 2.45. The summed E-state index contributed by atoms with van der Waals surface area (Å²) < 4.78 is 6.40. The van der Waals surface area contributed by atoms with Gasteiger partial charge in [0.05, 0.1) is 17.6 Å². The molecule has 0 unspecified atom stereocenters. The van der Waals surface area contributed by atoms with Crippen LogP contribution >= 0.6 is 0 Å². The van der Waals surface area contributed by atoms with Gasteiger partial charge in [0, 0.05) is 5.56 Å². The molecule has 0 heterocycles. The van der Waals surface area contributed by atoms with Crippen LogP contribution in [-0.2, 0) is 4.43 Å². The molecule has 24 heavy (non-hydrogen) atoms. The summed E-state index contributed by atoms with van der Waals surface area (Å²) in [6, 6.07) is 6.76. The Morgan fingerprint density at radius 3 is 2.25 bits per heavy atom. The first-order valence-corrected chi connectivity index (χ1v) is 11.5. The first kappa shape index (κ1) is 18.8. The molecule has 0 amide bonds. The van der Waals surface area contributed by atoms with E-state index >= 15 is 0 Å². The zero-order valence-electron chi connectivity index (χ0n) is 15.4. The Kier molecular flexibility index (Phi) is 5.27. The van der Waals surface area contributed by atoms with Gasteiger partial charge in [-0.2, -0.15) is 0 Å². The molecule has 3 nitrogen and oxygen atoms in total. The third kappa shape index (κ3) is 4.28. The molecule has 0 spiro atoms. The molecule has 0 saturated heterocycles. The Morgan fingerprint density at radius 2 is 1.83 bits per heavy atom. The maximum atomic E-state index is 10.9. The monoisotopic (exact) mass is 344 g/mol. The van der Waals surface area contributed by atoms with Gasteiger partial charge in [0.25, 0.3) is 0 Å². The molecule has 0 aromatic heterocycles. The van der Waals surface area contributed by atoms with Crippen molar-refractivity contribution in [3.63, 3.8) is 0 Å². The zero-order chi connectivity index (χ0) is 18.0. The van der Waals surface area contributed by atoms with Crippen molar-refractivity contribution < 1.29 is 14.3 Å². The maximum absolute atomic E-state index is 10.9. The quantitative estimate of drug-likeness (QED) is 0.622. The van der Waals surface area contributed by atoms with Gasteiger partial charge in [0.15, 0.2) is 8.32 Å². The van der Waals surface area contributed by atoms with Crippen LogP contribution in [0.1, 0.15) is 56.0 Å². The normalized spacial score (nSPS) is 16.7. The number of hydrogen-bond acceptors (Lipinski definition) is 2. The van der Waals surface area contributed by atoms with E-state index in [9.17, 15) is 4.79 Å². The van der Waals surface area contributed by atoms with E-state index in [0.717, 1.165) is 18.4 Å². The number of carboxylic acids is 1. The number of benzene rings is 1. The summed E-state index contributed by atoms with van der Waals surface area (Å²) in [5.41, 5.74) is 1.12. The molecular weight excluding hydrogens is 316 g/mol. The molecule has 1 aromatic rings. The predicted octanol–water partition coefficient (Wildman–Crippen LogP) is 4.93. The molecule has 1 fully saturated rings. The van der Waals surface area contributed by atoms with Gasteiger partial charge in [0.1, 0.15) is 0 Å². The van der Waals surface area contributed by atoms with Gasteiger partial charge >= 0.3 is 5.97 Å². The zero-order valence-corrected chi connectivity index (χ0v) is 16.4. The minimum absolute atomic E-state index is 0.0268. The van der Waals surface area contributed by atoms with Crippen LogP contribution in [0.5, 0.6) is 0 Å². The van der Waals surface area contributed by atoms with Crippen molar-refractivity contribution in [1.82, 2.24) is 0 Å². The summed E-state index contributed by atoms with van der Waals surface area (Å²) in [4.78, 5) is 10.9. The molecule has 1 aliphatic carbocycles. The van der Waals surface area contributed by atoms with E-state index in [4.69, 9.17) is 9.53 Å². The molecule has 130 valence electrons. The molecule has 2 rings (SSSR count). The van der Waals surface area contributed by atoms with Crippen molar-refractivity contribution >= 4 is 14.3 Å². The predicted molar refractivity (Wildman–Crippen MR) is 99.7 cm³/mol. The van der Waals surface area contributed by atoms with Gasteiger partial charge in [-0.1, -0.05) is 39.0 Å². The Balaban J connectivity index is 2.08. The third-order valence-electron chi connectivity index (χ3n) is 5.43. The Hall–Kier alpha value is -1.57. The number of hydrogen-bond donors (Lipinski definition) is 1. The smallest absolute Gasteiger partial charge is 0.335 e. The van der Waals surface area contributed by atoms with Crippen molar-refractivity contribution in [2.45, 2.75) is 58.2 Å². The summed E-state index contributed by atoms with van der Waals surface area (Å²) in [5, 5.41) is 9.15. The molecule has 1 aromatic carbocycles. The molecule has 4 heteroatoms. The maximum Gasteiger partial charge on any atom is 0.335 e. The van der Waals surface area contributed by atoms with Crippen LogP contribution in [0.4, 0.5) is 0 Å². The fourth-order valence-electron chi connectivity index (χ4n) is 2.34. The van der Waals surface area contributed by atoms with Crippen LogP contribution in [0.3, 0.4) is 0 Å². The van der Waals surface area contributed by atoms with Crippen LogP contribution in [0.2, 0.25) is 18.1 Å². The van der Waals surface area contributed by atoms with E-state index in [0.29, 0.717) is 12.2 Å². The molecule has 0 bridgehead atoms. The van der Waals surface area contributed by atoms with E-state index < -0.39 is 14.3 Å². The first-order valence-electron chi connectivity index (χ1n) is 8.55. The minimum atomic E-state index is -1.76. The van der Waals surface area contributed by atoms with E-state index in [-0.39, 0.29) is 10.5 Å². The summed E-state index contributed by atoms with van der Waals surface area (Å²) >= 11 is 0. The minimum Gasteiger partial charge on any atom is -0.478 e. The Bertz CT molecular complexity index is 653. The second-order valence-electron chi connectivity index (χ2n) is 8.32. The highest BCUT2D eigenvalue weighted by Gasteiger charge is 2.42. The van der Waals surface area contributed by atoms with Crippen LogP contribution in [-0.4, -0.2) is 26.0 Å². The fraction of sp³-hybridized carbons (Fsp3) is 0.550. The highest BCUT2D eigenvalue weighted by molar-refractivity contribution is 6.74. The van der Waals surface area contributed by atoms with Gasteiger partial charge in [-0.25, -0.2) is 4.79 Å². The lowest BCUT2D eigenvalue weighted by Gasteiger charge is -2.43.